The van der Waals surface area contributed by atoms with Crippen molar-refractivity contribution in [3.05, 3.63) is 88.4 Å². The molecule has 3 aromatic heterocycles. The van der Waals surface area contributed by atoms with Gasteiger partial charge in [-0.15, -0.1) is 11.3 Å². The lowest BCUT2D eigenvalue weighted by atomic mass is 10.1. The van der Waals surface area contributed by atoms with Crippen LogP contribution < -0.4 is 25.3 Å². The molecule has 3 N–H and O–H groups in total. The minimum atomic E-state index is -0.393. The number of hydrogen-bond donors (Lipinski definition) is 3. The molecular weight excluding hydrogens is 614 g/mol. The van der Waals surface area contributed by atoms with Crippen LogP contribution in [-0.2, 0) is 13.5 Å². The van der Waals surface area contributed by atoms with Crippen molar-refractivity contribution in [3.8, 4) is 5.75 Å². The smallest absolute Gasteiger partial charge is 0.274 e. The maximum atomic E-state index is 13.3. The number of carbonyl (C=O) groups is 3. The van der Waals surface area contributed by atoms with Crippen molar-refractivity contribution in [2.45, 2.75) is 33.1 Å². The molecule has 12 heteroatoms. The fourth-order valence-corrected chi connectivity index (χ4v) is 5.68. The van der Waals surface area contributed by atoms with Gasteiger partial charge in [-0.2, -0.15) is 4.57 Å². The molecule has 248 valence electrons. The van der Waals surface area contributed by atoms with Crippen molar-refractivity contribution in [1.29, 1.82) is 0 Å². The summed E-state index contributed by atoms with van der Waals surface area (Å²) in [4.78, 5) is 46.9. The molecule has 0 spiro atoms. The van der Waals surface area contributed by atoms with Gasteiger partial charge >= 0.3 is 0 Å². The summed E-state index contributed by atoms with van der Waals surface area (Å²) in [7, 11) is 7.34. The van der Waals surface area contributed by atoms with Gasteiger partial charge < -0.3 is 24.8 Å². The summed E-state index contributed by atoms with van der Waals surface area (Å²) in [5, 5.41) is 9.05. The first-order chi connectivity index (χ1) is 22.5. The van der Waals surface area contributed by atoms with Gasteiger partial charge in [-0.3, -0.25) is 19.7 Å². The Kier molecular flexibility index (Phi) is 12.4. The van der Waals surface area contributed by atoms with Crippen LogP contribution in [0.15, 0.2) is 61.1 Å². The molecule has 0 unspecified atom stereocenters. The van der Waals surface area contributed by atoms with Gasteiger partial charge in [0.25, 0.3) is 17.7 Å². The Morgan fingerprint density at radius 3 is 2.64 bits per heavy atom. The fraction of sp³-hybridized carbons (Fsp3) is 0.343. The average molecular weight is 659 g/mol. The van der Waals surface area contributed by atoms with E-state index in [1.807, 2.05) is 56.8 Å². The number of methoxy groups -OCH3 is 1. The normalized spacial score (nSPS) is 11.3. The monoisotopic (exact) mass is 658 g/mol. The summed E-state index contributed by atoms with van der Waals surface area (Å²) in [6.07, 6.45) is 11.4. The number of carbonyl (C=O) groups excluding carboxylic acids is 3. The highest BCUT2D eigenvalue weighted by molar-refractivity contribution is 7.16. The lowest BCUT2D eigenvalue weighted by molar-refractivity contribution is -0.567. The second kappa shape index (κ2) is 16.7. The van der Waals surface area contributed by atoms with Gasteiger partial charge in [-0.05, 0) is 75.6 Å². The molecule has 0 radical (unpaired) electrons. The van der Waals surface area contributed by atoms with E-state index in [9.17, 15) is 14.4 Å². The number of rotatable bonds is 15. The van der Waals surface area contributed by atoms with Gasteiger partial charge in [0.2, 0.25) is 0 Å². The molecule has 0 saturated carbocycles. The number of hydrogen-bond acceptors (Lipinski definition) is 7. The number of nitrogens with one attached hydrogen (secondary N) is 3. The second-order valence-electron chi connectivity index (χ2n) is 11.9. The van der Waals surface area contributed by atoms with E-state index >= 15 is 0 Å². The van der Waals surface area contributed by atoms with Crippen LogP contribution in [0, 0.1) is 5.92 Å². The Hall–Kier alpha value is -4.81. The largest absolute Gasteiger partial charge is 0.497 e. The lowest BCUT2D eigenvalue weighted by Gasteiger charge is -2.10. The first kappa shape index (κ1) is 35.1. The minimum absolute atomic E-state index is 0.235. The Morgan fingerprint density at radius 1 is 1.09 bits per heavy atom. The predicted octanol–water partition coefficient (Wildman–Crippen LogP) is 5.18. The van der Waals surface area contributed by atoms with E-state index in [1.165, 1.54) is 11.3 Å². The molecule has 0 aliphatic carbocycles. The van der Waals surface area contributed by atoms with Crippen LogP contribution in [0.2, 0.25) is 0 Å². The third-order valence-electron chi connectivity index (χ3n) is 7.26. The summed E-state index contributed by atoms with van der Waals surface area (Å²) >= 11 is 1.32. The molecule has 47 heavy (non-hydrogen) atoms. The number of amides is 3. The third-order valence-corrected chi connectivity index (χ3v) is 8.29. The van der Waals surface area contributed by atoms with E-state index in [-0.39, 0.29) is 11.8 Å². The van der Waals surface area contributed by atoms with Crippen LogP contribution in [0.4, 0.5) is 10.8 Å². The van der Waals surface area contributed by atoms with Crippen molar-refractivity contribution < 1.29 is 23.7 Å². The Labute approximate surface area is 280 Å². The van der Waals surface area contributed by atoms with E-state index in [4.69, 9.17) is 4.74 Å². The molecule has 0 fully saturated rings. The predicted molar refractivity (Wildman–Crippen MR) is 187 cm³/mol. The molecule has 0 saturated heterocycles. The third kappa shape index (κ3) is 10.3. The fourth-order valence-electron chi connectivity index (χ4n) is 4.71. The molecule has 0 aliphatic rings. The highest BCUT2D eigenvalue weighted by Crippen LogP contribution is 2.27. The Balaban J connectivity index is 1.42. The summed E-state index contributed by atoms with van der Waals surface area (Å²) in [6.45, 7) is 5.67. The summed E-state index contributed by atoms with van der Waals surface area (Å²) in [5.74, 6) is 0.275. The van der Waals surface area contributed by atoms with Crippen LogP contribution in [0.1, 0.15) is 68.5 Å². The van der Waals surface area contributed by atoms with Gasteiger partial charge in [0.15, 0.2) is 23.7 Å². The van der Waals surface area contributed by atoms with Crippen LogP contribution in [0.3, 0.4) is 0 Å². The Morgan fingerprint density at radius 2 is 1.89 bits per heavy atom. The van der Waals surface area contributed by atoms with E-state index in [1.54, 1.807) is 53.9 Å². The summed E-state index contributed by atoms with van der Waals surface area (Å²) in [6, 6.07) is 12.8. The molecule has 4 rings (SSSR count). The van der Waals surface area contributed by atoms with Crippen LogP contribution in [0.5, 0.6) is 5.75 Å². The van der Waals surface area contributed by atoms with Crippen molar-refractivity contribution >= 4 is 52.2 Å². The van der Waals surface area contributed by atoms with Gasteiger partial charge in [0.1, 0.15) is 22.7 Å². The van der Waals surface area contributed by atoms with Gasteiger partial charge in [-0.25, -0.2) is 4.98 Å². The van der Waals surface area contributed by atoms with E-state index < -0.39 is 5.91 Å². The van der Waals surface area contributed by atoms with Crippen molar-refractivity contribution in [2.75, 3.05) is 44.9 Å². The number of ether oxygens (including phenoxy) is 1. The molecule has 0 atom stereocenters. The zero-order valence-corrected chi connectivity index (χ0v) is 28.7. The maximum Gasteiger partial charge on any atom is 0.274 e. The minimum Gasteiger partial charge on any atom is -0.497 e. The lowest BCUT2D eigenvalue weighted by Crippen LogP contribution is -2.28. The number of aromatic nitrogens is 3. The number of thiazole rings is 1. The number of nitrogens with zero attached hydrogens (tertiary/aromatic N) is 4. The van der Waals surface area contributed by atoms with Gasteiger partial charge in [0.05, 0.1) is 12.8 Å². The van der Waals surface area contributed by atoms with E-state index in [0.717, 1.165) is 35.6 Å². The summed E-state index contributed by atoms with van der Waals surface area (Å²) < 4.78 is 8.71. The molecule has 3 amide bonds. The average Bonchev–Trinajstić information content (AvgIpc) is 3.63. The van der Waals surface area contributed by atoms with Crippen LogP contribution in [0.25, 0.3) is 12.3 Å². The van der Waals surface area contributed by atoms with Gasteiger partial charge in [0, 0.05) is 36.8 Å². The molecule has 0 bridgehead atoms. The van der Waals surface area contributed by atoms with Crippen molar-refractivity contribution in [1.82, 2.24) is 19.8 Å². The highest BCUT2D eigenvalue weighted by atomic mass is 32.1. The van der Waals surface area contributed by atoms with E-state index in [0.29, 0.717) is 46.7 Å². The molecule has 1 aromatic carbocycles. The standard InChI is InChI=1S/C35H43N7O4S/c1-24(2)13-14-30-31(34(45)36-16-9-17-40(3)4)38-35(47-30)39-33(44)29-21-27(23-41(29)5)37-32(43)26-11-8-18-42(22-26)19-15-25-10-7-12-28(20-25)46-6/h7-8,10-12,15,18-24H,9,13-14,16-17H2,1-6H3,(H2-,36,37,38,39,43,44,45)/p+1/b19-15+. The van der Waals surface area contributed by atoms with Crippen LogP contribution in [-0.4, -0.2) is 66.5 Å². The van der Waals surface area contributed by atoms with Crippen molar-refractivity contribution in [3.63, 3.8) is 0 Å². The first-order valence-electron chi connectivity index (χ1n) is 15.6. The zero-order valence-electron chi connectivity index (χ0n) is 27.9. The Bertz CT molecular complexity index is 1720. The maximum absolute atomic E-state index is 13.3. The van der Waals surface area contributed by atoms with Gasteiger partial charge in [-0.1, -0.05) is 26.0 Å². The molecule has 11 nitrogen and oxygen atoms in total. The van der Waals surface area contributed by atoms with Crippen molar-refractivity contribution in [2.24, 2.45) is 13.0 Å². The van der Waals surface area contributed by atoms with E-state index in [2.05, 4.69) is 39.7 Å². The molecule has 4 aromatic rings. The number of benzene rings is 1. The zero-order chi connectivity index (χ0) is 33.9. The topological polar surface area (TPSA) is 121 Å². The second-order valence-corrected chi connectivity index (χ2v) is 13.0. The number of anilines is 2. The quantitative estimate of drug-likeness (QED) is 0.120. The highest BCUT2D eigenvalue weighted by Gasteiger charge is 2.21. The number of pyridine rings is 1. The molecule has 0 aliphatic heterocycles. The van der Waals surface area contributed by atoms with Crippen LogP contribution >= 0.6 is 11.3 Å². The summed E-state index contributed by atoms with van der Waals surface area (Å²) in [5.41, 5.74) is 2.56. The molecule has 3 heterocycles. The SMILES string of the molecule is COc1cccc(/C=C/[n+]2cccc(C(=O)Nc3cc(C(=O)Nc4nc(C(=O)NCCCN(C)C)c(CCC(C)C)s4)n(C)c3)c2)c1. The first-order valence-corrected chi connectivity index (χ1v) is 16.4. The molecular formula is C35H44N7O4S+. The number of aryl methyl sites for hydroxylation is 2.